The second kappa shape index (κ2) is 5.29. The molecule has 4 nitrogen and oxygen atoms in total. The third-order valence-electron chi connectivity index (χ3n) is 3.22. The number of amides is 1. The molecule has 104 valence electrons. The molecule has 1 aromatic rings. The number of terminal acetylenes is 1. The zero-order valence-electron chi connectivity index (χ0n) is 10.3. The van der Waals surface area contributed by atoms with Crippen molar-refractivity contribution in [2.75, 3.05) is 6.54 Å². The van der Waals surface area contributed by atoms with Gasteiger partial charge in [0.2, 0.25) is 5.91 Å². The molecule has 1 heterocycles. The summed E-state index contributed by atoms with van der Waals surface area (Å²) in [5.41, 5.74) is -0.386. The summed E-state index contributed by atoms with van der Waals surface area (Å²) in [6, 6.07) is 1.65. The first kappa shape index (κ1) is 14.0. The van der Waals surface area contributed by atoms with E-state index in [1.807, 2.05) is 0 Å². The highest BCUT2D eigenvalue weighted by molar-refractivity contribution is 5.86. The van der Waals surface area contributed by atoms with E-state index >= 15 is 0 Å². The number of hydrogen-bond donors (Lipinski definition) is 1. The lowest BCUT2D eigenvalue weighted by molar-refractivity contribution is -0.148. The van der Waals surface area contributed by atoms with Crippen molar-refractivity contribution in [3.05, 3.63) is 35.4 Å². The highest BCUT2D eigenvalue weighted by atomic mass is 19.2. The molecule has 20 heavy (non-hydrogen) atoms. The van der Waals surface area contributed by atoms with Crippen molar-refractivity contribution in [2.45, 2.75) is 12.5 Å². The summed E-state index contributed by atoms with van der Waals surface area (Å²) < 4.78 is 27.0. The average molecular weight is 279 g/mol. The summed E-state index contributed by atoms with van der Waals surface area (Å²) in [6.07, 6.45) is 5.23. The van der Waals surface area contributed by atoms with Gasteiger partial charge in [0, 0.05) is 24.4 Å². The Kier molecular flexibility index (Phi) is 3.70. The molecule has 0 saturated carbocycles. The minimum Gasteiger partial charge on any atom is -0.479 e. The zero-order chi connectivity index (χ0) is 14.9. The largest absolute Gasteiger partial charge is 0.479 e. The summed E-state index contributed by atoms with van der Waals surface area (Å²) in [5.74, 6) is -2.38. The number of benzene rings is 1. The average Bonchev–Trinajstić information content (AvgIpc) is 2.76. The Hall–Kier alpha value is -2.42. The van der Waals surface area contributed by atoms with E-state index in [0.29, 0.717) is 0 Å². The van der Waals surface area contributed by atoms with Crippen LogP contribution in [0, 0.1) is 29.9 Å². The van der Waals surface area contributed by atoms with Gasteiger partial charge in [0.25, 0.3) is 0 Å². The summed E-state index contributed by atoms with van der Waals surface area (Å²) in [4.78, 5) is 24.1. The summed E-state index contributed by atoms with van der Waals surface area (Å²) >= 11 is 0. The Morgan fingerprint density at radius 3 is 2.75 bits per heavy atom. The van der Waals surface area contributed by atoms with Crippen molar-refractivity contribution in [1.29, 1.82) is 0 Å². The molecular weight excluding hydrogens is 268 g/mol. The second-order valence-corrected chi connectivity index (χ2v) is 4.50. The van der Waals surface area contributed by atoms with Crippen molar-refractivity contribution in [2.24, 2.45) is 5.92 Å². The van der Waals surface area contributed by atoms with Crippen molar-refractivity contribution >= 4 is 11.9 Å². The van der Waals surface area contributed by atoms with Crippen LogP contribution >= 0.6 is 0 Å². The SMILES string of the molecule is C#CC1CC(=O)N(C(C(=O)O)c2cccc(F)c2F)C1. The maximum atomic E-state index is 13.8. The van der Waals surface area contributed by atoms with Gasteiger partial charge >= 0.3 is 5.97 Å². The van der Waals surface area contributed by atoms with Crippen LogP contribution in [-0.2, 0) is 9.59 Å². The molecule has 1 N–H and O–H groups in total. The van der Waals surface area contributed by atoms with Crippen LogP contribution < -0.4 is 0 Å². The zero-order valence-corrected chi connectivity index (χ0v) is 10.3. The number of halogens is 2. The molecule has 0 bridgehead atoms. The number of carboxylic acids is 1. The molecule has 1 aromatic carbocycles. The Morgan fingerprint density at radius 2 is 2.20 bits per heavy atom. The number of hydrogen-bond acceptors (Lipinski definition) is 2. The second-order valence-electron chi connectivity index (χ2n) is 4.50. The molecule has 1 fully saturated rings. The lowest BCUT2D eigenvalue weighted by Crippen LogP contribution is -2.36. The van der Waals surface area contributed by atoms with E-state index in [2.05, 4.69) is 5.92 Å². The van der Waals surface area contributed by atoms with Crippen LogP contribution in [-0.4, -0.2) is 28.4 Å². The maximum absolute atomic E-state index is 13.8. The number of carbonyl (C=O) groups excluding carboxylic acids is 1. The lowest BCUT2D eigenvalue weighted by Gasteiger charge is -2.25. The Labute approximate surface area is 114 Å². The molecule has 1 aliphatic heterocycles. The fourth-order valence-corrected chi connectivity index (χ4v) is 2.26. The highest BCUT2D eigenvalue weighted by Gasteiger charge is 2.39. The molecule has 1 amide bonds. The Balaban J connectivity index is 2.43. The van der Waals surface area contributed by atoms with Crippen molar-refractivity contribution < 1.29 is 23.5 Å². The molecule has 0 aliphatic carbocycles. The van der Waals surface area contributed by atoms with Gasteiger partial charge in [-0.15, -0.1) is 12.3 Å². The first-order valence-electron chi connectivity index (χ1n) is 5.88. The predicted molar refractivity (Wildman–Crippen MR) is 65.4 cm³/mol. The summed E-state index contributed by atoms with van der Waals surface area (Å²) in [6.45, 7) is 0.0161. The van der Waals surface area contributed by atoms with Gasteiger partial charge in [-0.1, -0.05) is 12.1 Å². The number of carbonyl (C=O) groups is 2. The van der Waals surface area contributed by atoms with Crippen LogP contribution in [0.5, 0.6) is 0 Å². The van der Waals surface area contributed by atoms with Gasteiger partial charge < -0.3 is 10.0 Å². The van der Waals surface area contributed by atoms with Crippen LogP contribution in [0.25, 0.3) is 0 Å². The Morgan fingerprint density at radius 1 is 1.50 bits per heavy atom. The minimum atomic E-state index is -1.57. The first-order valence-corrected chi connectivity index (χ1v) is 5.88. The van der Waals surface area contributed by atoms with Gasteiger partial charge in [0.1, 0.15) is 0 Å². The van der Waals surface area contributed by atoms with E-state index in [9.17, 15) is 23.5 Å². The smallest absolute Gasteiger partial charge is 0.331 e. The van der Waals surface area contributed by atoms with Crippen LogP contribution in [0.1, 0.15) is 18.0 Å². The summed E-state index contributed by atoms with van der Waals surface area (Å²) in [5, 5.41) is 9.24. The molecule has 2 unspecified atom stereocenters. The number of likely N-dealkylation sites (tertiary alicyclic amines) is 1. The van der Waals surface area contributed by atoms with E-state index in [4.69, 9.17) is 6.42 Å². The highest BCUT2D eigenvalue weighted by Crippen LogP contribution is 2.30. The molecule has 1 saturated heterocycles. The molecule has 6 heteroatoms. The number of nitrogens with zero attached hydrogens (tertiary/aromatic N) is 1. The van der Waals surface area contributed by atoms with E-state index in [1.54, 1.807) is 0 Å². The van der Waals surface area contributed by atoms with E-state index < -0.39 is 35.5 Å². The molecule has 0 spiro atoms. The minimum absolute atomic E-state index is 0.0111. The standard InChI is InChI=1S/C14H11F2NO3/c1-2-8-6-11(18)17(7-8)13(14(19)20)9-4-3-5-10(15)12(9)16/h1,3-5,8,13H,6-7H2,(H,19,20). The molecule has 0 aromatic heterocycles. The van der Waals surface area contributed by atoms with E-state index in [1.165, 1.54) is 6.07 Å². The Bertz CT molecular complexity index is 609. The molecule has 1 aliphatic rings. The topological polar surface area (TPSA) is 57.6 Å². The van der Waals surface area contributed by atoms with Gasteiger partial charge in [-0.05, 0) is 6.07 Å². The molecule has 0 radical (unpaired) electrons. The molecular formula is C14H11F2NO3. The van der Waals surface area contributed by atoms with Gasteiger partial charge in [-0.25, -0.2) is 13.6 Å². The van der Waals surface area contributed by atoms with Crippen molar-refractivity contribution in [3.63, 3.8) is 0 Å². The lowest BCUT2D eigenvalue weighted by atomic mass is 10.0. The number of rotatable bonds is 3. The van der Waals surface area contributed by atoms with Gasteiger partial charge in [0.15, 0.2) is 17.7 Å². The fraction of sp³-hybridized carbons (Fsp3) is 0.286. The van der Waals surface area contributed by atoms with Gasteiger partial charge in [-0.2, -0.15) is 0 Å². The number of carboxylic acid groups (broad SMARTS) is 1. The van der Waals surface area contributed by atoms with E-state index in [-0.39, 0.29) is 18.5 Å². The van der Waals surface area contributed by atoms with Gasteiger partial charge in [-0.3, -0.25) is 4.79 Å². The van der Waals surface area contributed by atoms with Crippen LogP contribution in [0.4, 0.5) is 8.78 Å². The normalized spacial score (nSPS) is 19.8. The summed E-state index contributed by atoms with van der Waals surface area (Å²) in [7, 11) is 0. The maximum Gasteiger partial charge on any atom is 0.331 e. The van der Waals surface area contributed by atoms with Crippen LogP contribution in [0.3, 0.4) is 0 Å². The van der Waals surface area contributed by atoms with Crippen molar-refractivity contribution in [1.82, 2.24) is 4.90 Å². The van der Waals surface area contributed by atoms with Crippen molar-refractivity contribution in [3.8, 4) is 12.3 Å². The van der Waals surface area contributed by atoms with E-state index in [0.717, 1.165) is 17.0 Å². The van der Waals surface area contributed by atoms with Gasteiger partial charge in [0.05, 0.1) is 0 Å². The fourth-order valence-electron chi connectivity index (χ4n) is 2.26. The van der Waals surface area contributed by atoms with Crippen LogP contribution in [0.2, 0.25) is 0 Å². The number of aliphatic carboxylic acids is 1. The monoisotopic (exact) mass is 279 g/mol. The van der Waals surface area contributed by atoms with Crippen LogP contribution in [0.15, 0.2) is 18.2 Å². The quantitative estimate of drug-likeness (QED) is 0.854. The predicted octanol–water partition coefficient (Wildman–Crippen LogP) is 1.57. The first-order chi connectivity index (χ1) is 9.45. The third kappa shape index (κ3) is 2.35. The third-order valence-corrected chi connectivity index (χ3v) is 3.22. The molecule has 2 atom stereocenters. The molecule has 2 rings (SSSR count).